The van der Waals surface area contributed by atoms with E-state index in [0.717, 1.165) is 11.3 Å². The fraction of sp³-hybridized carbons (Fsp3) is 0.625. The average molecular weight is 316 g/mol. The molecule has 0 aromatic heterocycles. The van der Waals surface area contributed by atoms with Crippen LogP contribution >= 0.6 is 11.6 Å². The lowest BCUT2D eigenvalue weighted by molar-refractivity contribution is 0.0542. The van der Waals surface area contributed by atoms with Crippen LogP contribution in [0.1, 0.15) is 26.3 Å². The molecule has 1 N–H and O–H groups in total. The Morgan fingerprint density at radius 2 is 1.81 bits per heavy atom. The topological polar surface area (TPSA) is 39.7 Å². The van der Waals surface area contributed by atoms with Gasteiger partial charge in [0.15, 0.2) is 0 Å². The van der Waals surface area contributed by atoms with Crippen molar-refractivity contribution in [3.05, 3.63) is 28.8 Å². The zero-order valence-corrected chi connectivity index (χ0v) is 14.1. The Labute approximate surface area is 132 Å². The van der Waals surface area contributed by atoms with Crippen molar-refractivity contribution in [2.45, 2.75) is 32.9 Å². The first-order valence-corrected chi connectivity index (χ1v) is 7.54. The quantitative estimate of drug-likeness (QED) is 0.710. The van der Waals surface area contributed by atoms with E-state index in [9.17, 15) is 0 Å². The van der Waals surface area contributed by atoms with Crippen molar-refractivity contribution >= 4 is 11.6 Å². The SMILES string of the molecule is COCCOCCOc1c(Cl)cccc1CNC(C)(C)C. The van der Waals surface area contributed by atoms with E-state index < -0.39 is 0 Å². The first-order valence-electron chi connectivity index (χ1n) is 7.16. The fourth-order valence-electron chi connectivity index (χ4n) is 1.66. The number of ether oxygens (including phenoxy) is 3. The van der Waals surface area contributed by atoms with E-state index in [0.29, 0.717) is 38.0 Å². The van der Waals surface area contributed by atoms with Crippen molar-refractivity contribution in [3.63, 3.8) is 0 Å². The summed E-state index contributed by atoms with van der Waals surface area (Å²) in [6.07, 6.45) is 0. The van der Waals surface area contributed by atoms with E-state index in [2.05, 4.69) is 26.1 Å². The number of nitrogens with one attached hydrogen (secondary N) is 1. The minimum atomic E-state index is 0.0445. The summed E-state index contributed by atoms with van der Waals surface area (Å²) in [7, 11) is 1.65. The highest BCUT2D eigenvalue weighted by atomic mass is 35.5. The first kappa shape index (κ1) is 18.2. The standard InChI is InChI=1S/C16H26ClNO3/c1-16(2,3)18-12-13-6-5-7-14(17)15(13)21-11-10-20-9-8-19-4/h5-7,18H,8-12H2,1-4H3. The normalized spacial score (nSPS) is 11.7. The van der Waals surface area contributed by atoms with E-state index in [-0.39, 0.29) is 5.54 Å². The molecule has 0 saturated heterocycles. The van der Waals surface area contributed by atoms with Gasteiger partial charge in [-0.15, -0.1) is 0 Å². The summed E-state index contributed by atoms with van der Waals surface area (Å²) >= 11 is 6.23. The largest absolute Gasteiger partial charge is 0.489 e. The maximum atomic E-state index is 6.23. The van der Waals surface area contributed by atoms with Crippen molar-refractivity contribution in [2.24, 2.45) is 0 Å². The Balaban J connectivity index is 2.51. The highest BCUT2D eigenvalue weighted by Crippen LogP contribution is 2.29. The van der Waals surface area contributed by atoms with Crippen molar-refractivity contribution in [1.82, 2.24) is 5.32 Å². The third-order valence-corrected chi connectivity index (χ3v) is 3.06. The molecule has 21 heavy (non-hydrogen) atoms. The molecule has 0 bridgehead atoms. The Hall–Kier alpha value is -0.810. The van der Waals surface area contributed by atoms with E-state index >= 15 is 0 Å². The predicted octanol–water partition coefficient (Wildman–Crippen LogP) is 3.27. The van der Waals surface area contributed by atoms with Crippen molar-refractivity contribution in [3.8, 4) is 5.75 Å². The van der Waals surface area contributed by atoms with Crippen molar-refractivity contribution < 1.29 is 14.2 Å². The van der Waals surface area contributed by atoms with Crippen LogP contribution in [0.5, 0.6) is 5.75 Å². The lowest BCUT2D eigenvalue weighted by Gasteiger charge is -2.22. The molecule has 5 heteroatoms. The summed E-state index contributed by atoms with van der Waals surface area (Å²) in [4.78, 5) is 0. The van der Waals surface area contributed by atoms with Crippen molar-refractivity contribution in [2.75, 3.05) is 33.5 Å². The molecule has 1 aromatic carbocycles. The number of halogens is 1. The number of methoxy groups -OCH3 is 1. The van der Waals surface area contributed by atoms with Gasteiger partial charge in [0.25, 0.3) is 0 Å². The van der Waals surface area contributed by atoms with Gasteiger partial charge in [-0.3, -0.25) is 0 Å². The molecule has 0 aliphatic rings. The highest BCUT2D eigenvalue weighted by Gasteiger charge is 2.13. The van der Waals surface area contributed by atoms with Gasteiger partial charge in [-0.2, -0.15) is 0 Å². The molecule has 1 aromatic rings. The smallest absolute Gasteiger partial charge is 0.142 e. The fourth-order valence-corrected chi connectivity index (χ4v) is 1.91. The molecular formula is C16H26ClNO3. The van der Waals surface area contributed by atoms with Gasteiger partial charge >= 0.3 is 0 Å². The van der Waals surface area contributed by atoms with Crippen LogP contribution in [0.3, 0.4) is 0 Å². The van der Waals surface area contributed by atoms with Gasteiger partial charge in [0, 0.05) is 24.8 Å². The molecule has 0 aliphatic carbocycles. The zero-order chi connectivity index (χ0) is 15.7. The summed E-state index contributed by atoms with van der Waals surface area (Å²) in [6, 6.07) is 5.79. The molecule has 0 heterocycles. The molecular weight excluding hydrogens is 290 g/mol. The predicted molar refractivity (Wildman–Crippen MR) is 86.2 cm³/mol. The van der Waals surface area contributed by atoms with Gasteiger partial charge < -0.3 is 19.5 Å². The molecule has 0 atom stereocenters. The van der Waals surface area contributed by atoms with Crippen LogP contribution in [0, 0.1) is 0 Å². The third kappa shape index (κ3) is 7.67. The van der Waals surface area contributed by atoms with Crippen LogP contribution < -0.4 is 10.1 Å². The highest BCUT2D eigenvalue weighted by molar-refractivity contribution is 6.32. The summed E-state index contributed by atoms with van der Waals surface area (Å²) < 4.78 is 16.1. The molecule has 4 nitrogen and oxygen atoms in total. The summed E-state index contributed by atoms with van der Waals surface area (Å²) in [5, 5.41) is 4.06. The van der Waals surface area contributed by atoms with Gasteiger partial charge in [0.2, 0.25) is 0 Å². The minimum Gasteiger partial charge on any atom is -0.489 e. The van der Waals surface area contributed by atoms with Crippen LogP contribution in [0.15, 0.2) is 18.2 Å². The molecule has 0 unspecified atom stereocenters. The first-order chi connectivity index (χ1) is 9.94. The lowest BCUT2D eigenvalue weighted by atomic mass is 10.1. The van der Waals surface area contributed by atoms with E-state index in [4.69, 9.17) is 25.8 Å². The average Bonchev–Trinajstić information content (AvgIpc) is 2.41. The van der Waals surface area contributed by atoms with Crippen LogP contribution in [-0.4, -0.2) is 39.1 Å². The second-order valence-electron chi connectivity index (χ2n) is 5.79. The summed E-state index contributed by atoms with van der Waals surface area (Å²) in [6.45, 7) is 9.24. The number of hydrogen-bond donors (Lipinski definition) is 1. The maximum Gasteiger partial charge on any atom is 0.142 e. The molecule has 0 saturated carbocycles. The molecule has 1 rings (SSSR count). The number of benzene rings is 1. The Bertz CT molecular complexity index is 418. The Morgan fingerprint density at radius 3 is 2.48 bits per heavy atom. The van der Waals surface area contributed by atoms with Gasteiger partial charge in [0.1, 0.15) is 12.4 Å². The second kappa shape index (κ2) is 9.26. The van der Waals surface area contributed by atoms with Gasteiger partial charge in [0.05, 0.1) is 24.8 Å². The van der Waals surface area contributed by atoms with E-state index in [1.165, 1.54) is 0 Å². The molecule has 0 radical (unpaired) electrons. The van der Waals surface area contributed by atoms with E-state index in [1.54, 1.807) is 7.11 Å². The van der Waals surface area contributed by atoms with Crippen LogP contribution in [0.2, 0.25) is 5.02 Å². The molecule has 0 aliphatic heterocycles. The van der Waals surface area contributed by atoms with Gasteiger partial charge in [-0.25, -0.2) is 0 Å². The van der Waals surface area contributed by atoms with E-state index in [1.807, 2.05) is 18.2 Å². The number of para-hydroxylation sites is 1. The molecule has 0 fully saturated rings. The van der Waals surface area contributed by atoms with Gasteiger partial charge in [-0.05, 0) is 26.8 Å². The minimum absolute atomic E-state index is 0.0445. The van der Waals surface area contributed by atoms with Gasteiger partial charge in [-0.1, -0.05) is 23.7 Å². The number of hydrogen-bond acceptors (Lipinski definition) is 4. The number of rotatable bonds is 9. The van der Waals surface area contributed by atoms with Crippen LogP contribution in [-0.2, 0) is 16.0 Å². The Kier molecular flexibility index (Phi) is 8.04. The van der Waals surface area contributed by atoms with Crippen LogP contribution in [0.4, 0.5) is 0 Å². The zero-order valence-electron chi connectivity index (χ0n) is 13.4. The summed E-state index contributed by atoms with van der Waals surface area (Å²) in [5.74, 6) is 0.728. The maximum absolute atomic E-state index is 6.23. The third-order valence-electron chi connectivity index (χ3n) is 2.76. The second-order valence-corrected chi connectivity index (χ2v) is 6.19. The lowest BCUT2D eigenvalue weighted by Crippen LogP contribution is -2.35. The van der Waals surface area contributed by atoms with Crippen LogP contribution in [0.25, 0.3) is 0 Å². The monoisotopic (exact) mass is 315 g/mol. The molecule has 0 amide bonds. The molecule has 120 valence electrons. The Morgan fingerprint density at radius 1 is 1.10 bits per heavy atom. The molecule has 0 spiro atoms. The van der Waals surface area contributed by atoms with Crippen molar-refractivity contribution in [1.29, 1.82) is 0 Å². The summed E-state index contributed by atoms with van der Waals surface area (Å²) in [5.41, 5.74) is 1.09.